The second-order valence-electron chi connectivity index (χ2n) is 1.13. The van der Waals surface area contributed by atoms with E-state index in [0.29, 0.717) is 0 Å². The Hall–Kier alpha value is -0.121. The molecule has 0 spiro atoms. The fourth-order valence-electron chi connectivity index (χ4n) is 0.299. The molecule has 0 N–H and O–H groups in total. The number of rotatable bonds is 0. The van der Waals surface area contributed by atoms with Gasteiger partial charge in [0.1, 0.15) is 0 Å². The summed E-state index contributed by atoms with van der Waals surface area (Å²) in [6, 6.07) is 0. The Bertz CT molecular complexity index is 140. The molecule has 0 aliphatic carbocycles. The molecule has 0 saturated heterocycles. The molecular weight excluding hydrogens is 195 g/mol. The molecule has 7 heavy (non-hydrogen) atoms. The minimum absolute atomic E-state index is 1.19. The van der Waals surface area contributed by atoms with E-state index in [1.807, 2.05) is 12.4 Å². The van der Waals surface area contributed by atoms with Crippen LogP contribution in [0.1, 0.15) is 0 Å². The van der Waals surface area contributed by atoms with Crippen LogP contribution in [0.4, 0.5) is 0 Å². The predicted molar refractivity (Wildman–Crippen MR) is 27.4 cm³/mol. The van der Waals surface area contributed by atoms with Gasteiger partial charge in [-0.1, -0.05) is 0 Å². The van der Waals surface area contributed by atoms with Crippen LogP contribution in [0.15, 0.2) is 18.7 Å². The fraction of sp³-hybridized carbons (Fsp3) is 0. The molecule has 0 unspecified atom stereocenters. The average Bonchev–Trinajstić information content (AvgIpc) is 1.69. The van der Waals surface area contributed by atoms with Crippen LogP contribution in [0.2, 0.25) is 0 Å². The van der Waals surface area contributed by atoms with Gasteiger partial charge in [0.25, 0.3) is 0 Å². The summed E-state index contributed by atoms with van der Waals surface area (Å²) in [5.74, 6) is 0. The van der Waals surface area contributed by atoms with Crippen LogP contribution in [0, 0.1) is 0 Å². The summed E-state index contributed by atoms with van der Waals surface area (Å²) in [6.07, 6.45) is 5.16. The van der Waals surface area contributed by atoms with Crippen LogP contribution in [0.5, 0.6) is 0 Å². The molecule has 3 radical (unpaired) electrons. The van der Waals surface area contributed by atoms with Crippen LogP contribution < -0.4 is 3.58 Å². The number of hydrogen-bond acceptors (Lipinski definition) is 2. The number of aromatic nitrogens is 2. The third-order valence-corrected chi connectivity index (χ3v) is 1.30. The third kappa shape index (κ3) is 1.42. The second-order valence-corrected chi connectivity index (χ2v) is 2.77. The Labute approximate surface area is 55.1 Å². The maximum atomic E-state index is 3.80. The van der Waals surface area contributed by atoms with Crippen LogP contribution in [0.3, 0.4) is 0 Å². The summed E-state index contributed by atoms with van der Waals surface area (Å²) in [7, 11) is 0. The van der Waals surface area contributed by atoms with Gasteiger partial charge in [0, 0.05) is 0 Å². The molecule has 1 heterocycles. The van der Waals surface area contributed by atoms with Crippen molar-refractivity contribution >= 4 is 26.1 Å². The molecule has 0 atom stereocenters. The zero-order valence-corrected chi connectivity index (χ0v) is 6.48. The van der Waals surface area contributed by atoms with Crippen LogP contribution in [0.25, 0.3) is 0 Å². The van der Waals surface area contributed by atoms with E-state index in [-0.39, 0.29) is 0 Å². The number of hydrogen-bond donors (Lipinski definition) is 0. The first-order valence-corrected chi connectivity index (χ1v) is 3.29. The summed E-state index contributed by atoms with van der Waals surface area (Å²) in [5.41, 5.74) is 0. The standard InChI is InChI=1S/C4H3N2.Sn/c1-2-5-4-6-3-1;/h2-4H;. The van der Waals surface area contributed by atoms with E-state index in [1.165, 1.54) is 32.4 Å². The van der Waals surface area contributed by atoms with Gasteiger partial charge in [-0.15, -0.1) is 0 Å². The minimum atomic E-state index is 1.19. The van der Waals surface area contributed by atoms with E-state index in [1.54, 1.807) is 0 Å². The molecule has 0 aliphatic heterocycles. The first-order chi connectivity index (χ1) is 3.39. The Balaban J connectivity index is 3.02. The molecular formula is C4H3N2Sn. The van der Waals surface area contributed by atoms with Crippen molar-refractivity contribution in [3.63, 3.8) is 0 Å². The summed E-state index contributed by atoms with van der Waals surface area (Å²) in [4.78, 5) is 7.59. The van der Waals surface area contributed by atoms with E-state index in [9.17, 15) is 0 Å². The Morgan fingerprint density at radius 1 is 1.29 bits per heavy atom. The molecule has 0 bridgehead atoms. The topological polar surface area (TPSA) is 25.8 Å². The number of nitrogens with zero attached hydrogens (tertiary/aromatic N) is 2. The van der Waals surface area contributed by atoms with E-state index >= 15 is 0 Å². The molecule has 1 aromatic heterocycles. The second kappa shape index (κ2) is 2.25. The molecule has 0 aromatic carbocycles. The molecule has 0 aliphatic rings. The van der Waals surface area contributed by atoms with E-state index in [2.05, 4.69) is 9.97 Å². The molecule has 0 amide bonds. The van der Waals surface area contributed by atoms with Crippen LogP contribution in [-0.4, -0.2) is 32.5 Å². The van der Waals surface area contributed by atoms with Gasteiger partial charge in [0.2, 0.25) is 0 Å². The van der Waals surface area contributed by atoms with Crippen molar-refractivity contribution in [2.24, 2.45) is 0 Å². The van der Waals surface area contributed by atoms with Crippen molar-refractivity contribution in [2.75, 3.05) is 0 Å². The van der Waals surface area contributed by atoms with Crippen molar-refractivity contribution in [2.45, 2.75) is 0 Å². The van der Waals surface area contributed by atoms with Gasteiger partial charge >= 0.3 is 54.8 Å². The van der Waals surface area contributed by atoms with Crippen molar-refractivity contribution in [1.29, 1.82) is 0 Å². The predicted octanol–water partition coefficient (Wildman–Crippen LogP) is -0.730. The SMILES string of the molecule is [Sn][c]1cncnc1. The summed E-state index contributed by atoms with van der Waals surface area (Å²) >= 11 is 1.37. The van der Waals surface area contributed by atoms with E-state index in [0.717, 1.165) is 0 Å². The van der Waals surface area contributed by atoms with Crippen molar-refractivity contribution in [3.05, 3.63) is 18.7 Å². The first-order valence-electron chi connectivity index (χ1n) is 1.86. The Morgan fingerprint density at radius 3 is 2.14 bits per heavy atom. The van der Waals surface area contributed by atoms with Crippen molar-refractivity contribution in [1.82, 2.24) is 9.97 Å². The molecule has 0 saturated carbocycles. The summed E-state index contributed by atoms with van der Waals surface area (Å²) < 4.78 is 1.19. The summed E-state index contributed by atoms with van der Waals surface area (Å²) in [6.45, 7) is 0. The Kier molecular flexibility index (Phi) is 1.62. The molecule has 2 nitrogen and oxygen atoms in total. The van der Waals surface area contributed by atoms with E-state index < -0.39 is 0 Å². The van der Waals surface area contributed by atoms with Gasteiger partial charge in [0.15, 0.2) is 0 Å². The van der Waals surface area contributed by atoms with Gasteiger partial charge in [-0.2, -0.15) is 0 Å². The third-order valence-electron chi connectivity index (χ3n) is 0.561. The molecule has 3 heteroatoms. The van der Waals surface area contributed by atoms with E-state index in [4.69, 9.17) is 0 Å². The van der Waals surface area contributed by atoms with Gasteiger partial charge in [-0.25, -0.2) is 0 Å². The Morgan fingerprint density at radius 2 is 1.86 bits per heavy atom. The monoisotopic (exact) mass is 199 g/mol. The van der Waals surface area contributed by atoms with Crippen LogP contribution in [-0.2, 0) is 0 Å². The fourth-order valence-corrected chi connectivity index (χ4v) is 0.725. The summed E-state index contributed by atoms with van der Waals surface area (Å²) in [5, 5.41) is 0. The molecule has 0 fully saturated rings. The maximum absolute atomic E-state index is 3.80. The molecule has 33 valence electrons. The zero-order valence-electron chi connectivity index (χ0n) is 3.63. The van der Waals surface area contributed by atoms with Gasteiger partial charge < -0.3 is 0 Å². The first kappa shape index (κ1) is 5.02. The zero-order chi connectivity index (χ0) is 5.11. The average molecular weight is 198 g/mol. The quantitative estimate of drug-likeness (QED) is 0.513. The van der Waals surface area contributed by atoms with Crippen molar-refractivity contribution in [3.8, 4) is 0 Å². The van der Waals surface area contributed by atoms with Gasteiger partial charge in [-0.3, -0.25) is 0 Å². The van der Waals surface area contributed by atoms with Crippen molar-refractivity contribution < 1.29 is 0 Å². The van der Waals surface area contributed by atoms with Gasteiger partial charge in [-0.05, 0) is 0 Å². The van der Waals surface area contributed by atoms with Gasteiger partial charge in [0.05, 0.1) is 0 Å². The van der Waals surface area contributed by atoms with Crippen LogP contribution >= 0.6 is 0 Å². The normalized spacial score (nSPS) is 8.71. The molecule has 1 aromatic rings. The molecule has 1 rings (SSSR count).